The van der Waals surface area contributed by atoms with Crippen molar-refractivity contribution in [1.29, 1.82) is 0 Å². The van der Waals surface area contributed by atoms with Crippen molar-refractivity contribution in [1.82, 2.24) is 20.0 Å². The number of nitrogens with one attached hydrogen (secondary N) is 1. The predicted octanol–water partition coefficient (Wildman–Crippen LogP) is 5.27. The van der Waals surface area contributed by atoms with E-state index in [0.29, 0.717) is 54.6 Å². The summed E-state index contributed by atoms with van der Waals surface area (Å²) < 4.78 is 15.1. The van der Waals surface area contributed by atoms with Crippen LogP contribution in [-0.4, -0.2) is 62.7 Å². The highest BCUT2D eigenvalue weighted by Crippen LogP contribution is 2.35. The normalized spacial score (nSPS) is 14.0. The number of rotatable bonds is 6. The molecule has 3 aromatic carbocycles. The van der Waals surface area contributed by atoms with Crippen LogP contribution in [0.2, 0.25) is 0 Å². The number of thioether (sulfide) groups is 1. The number of nitrogens with zero attached hydrogens (tertiary/aromatic N) is 3. The number of piperazine rings is 1. The molecule has 5 rings (SSSR count). The van der Waals surface area contributed by atoms with Crippen LogP contribution < -0.4 is 5.56 Å². The Kier molecular flexibility index (Phi) is 8.09. The van der Waals surface area contributed by atoms with Crippen LogP contribution in [0.3, 0.4) is 0 Å². The van der Waals surface area contributed by atoms with Gasteiger partial charge in [-0.15, -0.1) is 11.8 Å². The van der Waals surface area contributed by atoms with E-state index >= 15 is 0 Å². The summed E-state index contributed by atoms with van der Waals surface area (Å²) in [6, 6.07) is 19.5. The van der Waals surface area contributed by atoms with Crippen LogP contribution in [-0.2, 0) is 11.2 Å². The second kappa shape index (κ2) is 11.5. The van der Waals surface area contributed by atoms with Gasteiger partial charge in [0.25, 0.3) is 11.5 Å². The number of amides is 2. The Hall–Kier alpha value is -3.50. The molecule has 10 heteroatoms. The lowest BCUT2D eigenvalue weighted by Gasteiger charge is -2.38. The second-order valence-electron chi connectivity index (χ2n) is 10.2. The molecule has 4 aromatic rings. The standard InChI is InChI=1S/C30H28BrFN4O3S/c1-30(2,40-21-10-8-20(31)9-11-21)29(39)36-15-13-35(14-16-36)28(38)24-17-19(7-12-25(24)32)18-26-22-5-3-4-6-23(22)27(37)34-33-26/h3-12,17H,13-16,18H2,1-2H3,(H,34,37). The van der Waals surface area contributed by atoms with Crippen LogP contribution in [0.15, 0.2) is 80.9 Å². The molecule has 1 aliphatic heterocycles. The minimum Gasteiger partial charge on any atom is -0.338 e. The van der Waals surface area contributed by atoms with Gasteiger partial charge >= 0.3 is 0 Å². The summed E-state index contributed by atoms with van der Waals surface area (Å²) in [5.41, 5.74) is 1.05. The number of H-pyrrole nitrogens is 1. The fourth-order valence-corrected chi connectivity index (χ4v) is 6.19. The van der Waals surface area contributed by atoms with Gasteiger partial charge in [0.1, 0.15) is 5.82 Å². The first kappa shape index (κ1) is 28.0. The van der Waals surface area contributed by atoms with Gasteiger partial charge in [-0.05, 0) is 61.9 Å². The van der Waals surface area contributed by atoms with Crippen LogP contribution in [0.25, 0.3) is 10.8 Å². The maximum atomic E-state index is 14.8. The highest BCUT2D eigenvalue weighted by Gasteiger charge is 2.35. The quantitative estimate of drug-likeness (QED) is 0.296. The Bertz CT molecular complexity index is 1630. The van der Waals surface area contributed by atoms with Crippen molar-refractivity contribution >= 4 is 50.3 Å². The molecule has 1 fully saturated rings. The molecule has 0 atom stereocenters. The van der Waals surface area contributed by atoms with E-state index in [1.165, 1.54) is 17.8 Å². The topological polar surface area (TPSA) is 86.4 Å². The van der Waals surface area contributed by atoms with Crippen molar-refractivity contribution in [2.24, 2.45) is 0 Å². The van der Waals surface area contributed by atoms with Gasteiger partial charge in [-0.1, -0.05) is 40.2 Å². The summed E-state index contributed by atoms with van der Waals surface area (Å²) in [5, 5.41) is 7.95. The molecule has 206 valence electrons. The van der Waals surface area contributed by atoms with Crippen molar-refractivity contribution < 1.29 is 14.0 Å². The van der Waals surface area contributed by atoms with Gasteiger partial charge in [0.2, 0.25) is 5.91 Å². The molecular weight excluding hydrogens is 595 g/mol. The van der Waals surface area contributed by atoms with Crippen molar-refractivity contribution in [3.05, 3.63) is 104 Å². The number of carbonyl (C=O) groups excluding carboxylic acids is 2. The van der Waals surface area contributed by atoms with E-state index in [0.717, 1.165) is 9.37 Å². The van der Waals surface area contributed by atoms with E-state index in [9.17, 15) is 18.8 Å². The summed E-state index contributed by atoms with van der Waals surface area (Å²) in [7, 11) is 0. The largest absolute Gasteiger partial charge is 0.338 e. The third-order valence-electron chi connectivity index (χ3n) is 6.96. The molecule has 0 radical (unpaired) electrons. The number of carbonyl (C=O) groups is 2. The minimum atomic E-state index is -0.680. The lowest BCUT2D eigenvalue weighted by molar-refractivity contribution is -0.134. The number of hydrogen-bond acceptors (Lipinski definition) is 5. The lowest BCUT2D eigenvalue weighted by atomic mass is 10.0. The van der Waals surface area contributed by atoms with Gasteiger partial charge in [-0.3, -0.25) is 14.4 Å². The number of aromatic amines is 1. The monoisotopic (exact) mass is 622 g/mol. The first-order valence-electron chi connectivity index (χ1n) is 12.9. The number of halogens is 2. The Morgan fingerprint density at radius 1 is 0.975 bits per heavy atom. The van der Waals surface area contributed by atoms with Gasteiger partial charge in [0.05, 0.1) is 21.4 Å². The van der Waals surface area contributed by atoms with Crippen molar-refractivity contribution in [2.75, 3.05) is 26.2 Å². The summed E-state index contributed by atoms with van der Waals surface area (Å²) in [5.74, 6) is -1.01. The molecule has 2 heterocycles. The molecule has 40 heavy (non-hydrogen) atoms. The van der Waals surface area contributed by atoms with E-state index in [4.69, 9.17) is 0 Å². The van der Waals surface area contributed by atoms with E-state index in [2.05, 4.69) is 26.1 Å². The zero-order valence-electron chi connectivity index (χ0n) is 22.1. The molecular formula is C30H28BrFN4O3S. The number of fused-ring (bicyclic) bond motifs is 1. The highest BCUT2D eigenvalue weighted by molar-refractivity contribution is 9.10. The van der Waals surface area contributed by atoms with Crippen LogP contribution in [0.4, 0.5) is 4.39 Å². The maximum Gasteiger partial charge on any atom is 0.272 e. The Morgan fingerprint density at radius 2 is 1.62 bits per heavy atom. The zero-order chi connectivity index (χ0) is 28.4. The van der Waals surface area contributed by atoms with Crippen LogP contribution in [0, 0.1) is 5.82 Å². The highest BCUT2D eigenvalue weighted by atomic mass is 79.9. The van der Waals surface area contributed by atoms with Crippen LogP contribution in [0.1, 0.15) is 35.5 Å². The summed E-state index contributed by atoms with van der Waals surface area (Å²) >= 11 is 4.93. The van der Waals surface area contributed by atoms with E-state index in [1.807, 2.05) is 50.2 Å². The average molecular weight is 624 g/mol. The summed E-state index contributed by atoms with van der Waals surface area (Å²) in [4.78, 5) is 43.1. The molecule has 7 nitrogen and oxygen atoms in total. The first-order valence-corrected chi connectivity index (χ1v) is 14.5. The maximum absolute atomic E-state index is 14.8. The van der Waals surface area contributed by atoms with Crippen molar-refractivity contribution in [3.63, 3.8) is 0 Å². The number of benzene rings is 3. The molecule has 0 aliphatic carbocycles. The Labute approximate surface area is 243 Å². The third-order valence-corrected chi connectivity index (χ3v) is 8.68. The van der Waals surface area contributed by atoms with Gasteiger partial charge in [-0.25, -0.2) is 9.49 Å². The SMILES string of the molecule is CC(C)(Sc1ccc(Br)cc1)C(=O)N1CCN(C(=O)c2cc(Cc3n[nH]c(=O)c4ccccc34)ccc2F)CC1. The molecule has 2 amide bonds. The number of hydrogen-bond donors (Lipinski definition) is 1. The smallest absolute Gasteiger partial charge is 0.272 e. The molecule has 1 aromatic heterocycles. The lowest BCUT2D eigenvalue weighted by Crippen LogP contribution is -2.54. The minimum absolute atomic E-state index is 0.00123. The molecule has 0 saturated carbocycles. The molecule has 0 spiro atoms. The van der Waals surface area contributed by atoms with Crippen molar-refractivity contribution in [3.8, 4) is 0 Å². The average Bonchev–Trinajstić information content (AvgIpc) is 2.96. The molecule has 1 N–H and O–H groups in total. The Balaban J connectivity index is 1.26. The molecule has 0 bridgehead atoms. The van der Waals surface area contributed by atoms with Crippen LogP contribution >= 0.6 is 27.7 Å². The number of aromatic nitrogens is 2. The summed E-state index contributed by atoms with van der Waals surface area (Å²) in [6.45, 7) is 5.20. The first-order chi connectivity index (χ1) is 19.1. The van der Waals surface area contributed by atoms with E-state index in [-0.39, 0.29) is 17.0 Å². The third kappa shape index (κ3) is 5.97. The van der Waals surface area contributed by atoms with Gasteiger partial charge < -0.3 is 9.80 Å². The molecule has 0 unspecified atom stereocenters. The predicted molar refractivity (Wildman–Crippen MR) is 158 cm³/mol. The molecule has 1 saturated heterocycles. The van der Waals surface area contributed by atoms with Gasteiger partial charge in [0.15, 0.2) is 0 Å². The fourth-order valence-electron chi connectivity index (χ4n) is 4.85. The van der Waals surface area contributed by atoms with Gasteiger partial charge in [0, 0.05) is 47.4 Å². The Morgan fingerprint density at radius 3 is 2.33 bits per heavy atom. The van der Waals surface area contributed by atoms with Crippen LogP contribution in [0.5, 0.6) is 0 Å². The fraction of sp³-hybridized carbons (Fsp3) is 0.267. The molecule has 1 aliphatic rings. The summed E-state index contributed by atoms with van der Waals surface area (Å²) in [6.07, 6.45) is 0.325. The van der Waals surface area contributed by atoms with Crippen molar-refractivity contribution in [2.45, 2.75) is 29.9 Å². The van der Waals surface area contributed by atoms with Gasteiger partial charge in [-0.2, -0.15) is 5.10 Å². The van der Waals surface area contributed by atoms with E-state index < -0.39 is 16.5 Å². The zero-order valence-corrected chi connectivity index (χ0v) is 24.5. The second-order valence-corrected chi connectivity index (χ2v) is 12.8. The van der Waals surface area contributed by atoms with E-state index in [1.54, 1.807) is 34.1 Å².